The van der Waals surface area contributed by atoms with Crippen molar-refractivity contribution in [1.29, 1.82) is 0 Å². The van der Waals surface area contributed by atoms with E-state index < -0.39 is 0 Å². The summed E-state index contributed by atoms with van der Waals surface area (Å²) >= 11 is 0. The highest BCUT2D eigenvalue weighted by Gasteiger charge is 2.15. The van der Waals surface area contributed by atoms with E-state index in [0.717, 1.165) is 25.9 Å². The Morgan fingerprint density at radius 1 is 1.56 bits per heavy atom. The maximum absolute atomic E-state index is 10.8. The van der Waals surface area contributed by atoms with Gasteiger partial charge in [-0.05, 0) is 12.8 Å². The van der Waals surface area contributed by atoms with Crippen LogP contribution in [0, 0.1) is 0 Å². The van der Waals surface area contributed by atoms with Crippen LogP contribution in [0.1, 0.15) is 14.3 Å². The summed E-state index contributed by atoms with van der Waals surface area (Å²) in [5, 5.41) is 2.59. The quantitative estimate of drug-likeness (QED) is 0.513. The van der Waals surface area contributed by atoms with Gasteiger partial charge in [-0.3, -0.25) is 0 Å². The maximum atomic E-state index is 10.8. The minimum absolute atomic E-state index is 0. The summed E-state index contributed by atoms with van der Waals surface area (Å²) in [6, 6.07) is 0.0625. The van der Waals surface area contributed by atoms with Gasteiger partial charge in [-0.1, -0.05) is 0 Å². The van der Waals surface area contributed by atoms with Gasteiger partial charge in [0, 0.05) is 21.6 Å². The Morgan fingerprint density at radius 2 is 2.11 bits per heavy atom. The standard InChI is InChI=1S/C6H12N2O.H2/c1-7-6(9)8-4-2-3-5-8;/h2-5H2,1H3,(H,7,9);1H. The zero-order chi connectivity index (χ0) is 6.69. The van der Waals surface area contributed by atoms with Crippen molar-refractivity contribution in [3.05, 3.63) is 0 Å². The molecule has 1 heterocycles. The van der Waals surface area contributed by atoms with Crippen molar-refractivity contribution in [2.45, 2.75) is 12.8 Å². The Kier molecular flexibility index (Phi) is 1.92. The molecule has 0 atom stereocenters. The van der Waals surface area contributed by atoms with E-state index in [0.29, 0.717) is 0 Å². The van der Waals surface area contributed by atoms with E-state index in [4.69, 9.17) is 0 Å². The number of rotatable bonds is 0. The molecule has 0 radical (unpaired) electrons. The lowest BCUT2D eigenvalue weighted by Crippen LogP contribution is -2.35. The lowest BCUT2D eigenvalue weighted by Gasteiger charge is -2.13. The van der Waals surface area contributed by atoms with Crippen LogP contribution in [0.2, 0.25) is 0 Å². The number of amides is 2. The second-order valence-electron chi connectivity index (χ2n) is 2.25. The van der Waals surface area contributed by atoms with Crippen LogP contribution in [0.3, 0.4) is 0 Å². The third-order valence-corrected chi connectivity index (χ3v) is 1.61. The molecule has 1 fully saturated rings. The first kappa shape index (κ1) is 6.39. The van der Waals surface area contributed by atoms with Crippen LogP contribution in [0.15, 0.2) is 0 Å². The molecule has 1 aliphatic heterocycles. The molecule has 9 heavy (non-hydrogen) atoms. The van der Waals surface area contributed by atoms with E-state index in [1.54, 1.807) is 7.05 Å². The summed E-state index contributed by atoms with van der Waals surface area (Å²) in [4.78, 5) is 12.7. The van der Waals surface area contributed by atoms with Crippen molar-refractivity contribution in [1.82, 2.24) is 10.2 Å². The van der Waals surface area contributed by atoms with Gasteiger partial charge in [0.25, 0.3) is 0 Å². The first-order valence-electron chi connectivity index (χ1n) is 3.31. The molecule has 0 spiro atoms. The molecule has 54 valence electrons. The minimum Gasteiger partial charge on any atom is -0.341 e. The fraction of sp³-hybridized carbons (Fsp3) is 0.833. The second-order valence-corrected chi connectivity index (χ2v) is 2.25. The molecule has 2 amide bonds. The van der Waals surface area contributed by atoms with Gasteiger partial charge in [0.15, 0.2) is 0 Å². The summed E-state index contributed by atoms with van der Waals surface area (Å²) < 4.78 is 0. The van der Waals surface area contributed by atoms with Crippen molar-refractivity contribution >= 4 is 6.03 Å². The third-order valence-electron chi connectivity index (χ3n) is 1.61. The molecule has 1 rings (SSSR count). The van der Waals surface area contributed by atoms with Gasteiger partial charge in [-0.2, -0.15) is 0 Å². The second kappa shape index (κ2) is 2.71. The molecule has 0 saturated carbocycles. The minimum atomic E-state index is 0. The van der Waals surface area contributed by atoms with E-state index in [9.17, 15) is 4.79 Å². The normalized spacial score (nSPS) is 18.1. The van der Waals surface area contributed by atoms with Crippen molar-refractivity contribution in [3.8, 4) is 0 Å². The molecular weight excluding hydrogens is 116 g/mol. The first-order chi connectivity index (χ1) is 4.34. The number of likely N-dealkylation sites (tertiary alicyclic amines) is 1. The molecule has 0 aliphatic carbocycles. The molecule has 3 heteroatoms. The number of nitrogens with zero attached hydrogens (tertiary/aromatic N) is 1. The Bertz CT molecular complexity index is 112. The third kappa shape index (κ3) is 1.34. The zero-order valence-corrected chi connectivity index (χ0v) is 5.68. The summed E-state index contributed by atoms with van der Waals surface area (Å²) in [6.45, 7) is 1.86. The predicted octanol–water partition coefficient (Wildman–Crippen LogP) is 0.668. The fourth-order valence-corrected chi connectivity index (χ4v) is 1.08. The molecule has 0 aromatic carbocycles. The maximum Gasteiger partial charge on any atom is 0.317 e. The van der Waals surface area contributed by atoms with Crippen LogP contribution in [0.25, 0.3) is 0 Å². The van der Waals surface area contributed by atoms with Gasteiger partial charge in [0.1, 0.15) is 0 Å². The van der Waals surface area contributed by atoms with E-state index in [2.05, 4.69) is 5.32 Å². The zero-order valence-electron chi connectivity index (χ0n) is 5.68. The number of nitrogens with one attached hydrogen (secondary N) is 1. The summed E-state index contributed by atoms with van der Waals surface area (Å²) in [5.41, 5.74) is 0. The molecular formula is C6H14N2O. The van der Waals surface area contributed by atoms with Crippen LogP contribution in [0.4, 0.5) is 4.79 Å². The topological polar surface area (TPSA) is 32.3 Å². The average molecular weight is 130 g/mol. The van der Waals surface area contributed by atoms with Crippen molar-refractivity contribution in [2.24, 2.45) is 0 Å². The monoisotopic (exact) mass is 130 g/mol. The smallest absolute Gasteiger partial charge is 0.317 e. The number of hydrogen-bond donors (Lipinski definition) is 1. The molecule has 3 nitrogen and oxygen atoms in total. The van der Waals surface area contributed by atoms with Crippen molar-refractivity contribution in [3.63, 3.8) is 0 Å². The summed E-state index contributed by atoms with van der Waals surface area (Å²) in [7, 11) is 1.67. The van der Waals surface area contributed by atoms with Gasteiger partial charge in [-0.15, -0.1) is 0 Å². The van der Waals surface area contributed by atoms with Crippen molar-refractivity contribution in [2.75, 3.05) is 20.1 Å². The highest BCUT2D eigenvalue weighted by molar-refractivity contribution is 5.73. The largest absolute Gasteiger partial charge is 0.341 e. The Balaban J connectivity index is 0.000000810. The lowest BCUT2D eigenvalue weighted by atomic mass is 10.4. The number of hydrogen-bond acceptors (Lipinski definition) is 1. The predicted molar refractivity (Wildman–Crippen MR) is 37.4 cm³/mol. The highest BCUT2D eigenvalue weighted by atomic mass is 16.2. The van der Waals surface area contributed by atoms with Crippen LogP contribution < -0.4 is 5.32 Å². The summed E-state index contributed by atoms with van der Waals surface area (Å²) in [6.07, 6.45) is 2.32. The van der Waals surface area contributed by atoms with Gasteiger partial charge < -0.3 is 10.2 Å². The van der Waals surface area contributed by atoms with E-state index >= 15 is 0 Å². The molecule has 0 unspecified atom stereocenters. The lowest BCUT2D eigenvalue weighted by molar-refractivity contribution is 0.211. The number of urea groups is 1. The molecule has 0 aromatic rings. The first-order valence-corrected chi connectivity index (χ1v) is 3.31. The van der Waals surface area contributed by atoms with Gasteiger partial charge in [0.2, 0.25) is 0 Å². The Hall–Kier alpha value is -0.730. The average Bonchev–Trinajstić information content (AvgIpc) is 2.37. The molecule has 1 N–H and O–H groups in total. The van der Waals surface area contributed by atoms with Crippen molar-refractivity contribution < 1.29 is 6.22 Å². The number of carbonyl (C=O) groups excluding carboxylic acids is 1. The summed E-state index contributed by atoms with van der Waals surface area (Å²) in [5.74, 6) is 0. The van der Waals surface area contributed by atoms with Gasteiger partial charge in [-0.25, -0.2) is 4.79 Å². The highest BCUT2D eigenvalue weighted by Crippen LogP contribution is 2.06. The van der Waals surface area contributed by atoms with E-state index in [1.807, 2.05) is 4.90 Å². The van der Waals surface area contributed by atoms with Crippen LogP contribution in [-0.2, 0) is 0 Å². The van der Waals surface area contributed by atoms with Crippen LogP contribution >= 0.6 is 0 Å². The molecule has 1 aliphatic rings. The van der Waals surface area contributed by atoms with Crippen LogP contribution in [0.5, 0.6) is 0 Å². The molecule has 0 bridgehead atoms. The Labute approximate surface area is 56.5 Å². The van der Waals surface area contributed by atoms with E-state index in [1.165, 1.54) is 0 Å². The SMILES string of the molecule is CNC(=O)N1CCCC1.[HH]. The van der Waals surface area contributed by atoms with E-state index in [-0.39, 0.29) is 7.46 Å². The number of carbonyl (C=O) groups is 1. The van der Waals surface area contributed by atoms with Gasteiger partial charge >= 0.3 is 6.03 Å². The van der Waals surface area contributed by atoms with Crippen LogP contribution in [-0.4, -0.2) is 31.1 Å². The molecule has 1 saturated heterocycles. The fourth-order valence-electron chi connectivity index (χ4n) is 1.08. The Morgan fingerprint density at radius 3 is 2.56 bits per heavy atom. The van der Waals surface area contributed by atoms with Gasteiger partial charge in [0.05, 0.1) is 0 Å². The molecule has 0 aromatic heterocycles.